The van der Waals surface area contributed by atoms with E-state index in [-0.39, 0.29) is 102 Å². The smallest absolute Gasteiger partial charge is 0.303 e. The third kappa shape index (κ3) is 7.99. The number of ketones is 1. The number of nitrogens with one attached hydrogen (secondary N) is 2. The van der Waals surface area contributed by atoms with E-state index in [9.17, 15) is 14.4 Å². The number of amidine groups is 1. The van der Waals surface area contributed by atoms with E-state index in [4.69, 9.17) is 24.7 Å². The van der Waals surface area contributed by atoms with E-state index in [1.54, 1.807) is 26.0 Å². The van der Waals surface area contributed by atoms with Gasteiger partial charge in [0.2, 0.25) is 5.91 Å². The Morgan fingerprint density at radius 2 is 1.74 bits per heavy atom. The summed E-state index contributed by atoms with van der Waals surface area (Å²) in [6, 6.07) is 4.85. The first kappa shape index (κ1) is 34.5. The Balaban J connectivity index is 0.00000616. The van der Waals surface area contributed by atoms with Gasteiger partial charge in [-0.05, 0) is 49.4 Å². The number of anilines is 1. The number of Topliss-reactive ketones (excluding diaryl/α,β-unsaturated/α-hetero) is 1. The molecule has 0 unspecified atom stereocenters. The SMILES string of the molecule is Br.CCOc1cc2c(c(F)c1OCC)C(=N)N(CC(=O)c1cc(NC(C)=O)c(OCCCC(=O)O)c(C(C)(C)C)c1)C2. The van der Waals surface area contributed by atoms with Gasteiger partial charge < -0.3 is 29.5 Å². The summed E-state index contributed by atoms with van der Waals surface area (Å²) in [5, 5.41) is 20.3. The molecule has 42 heavy (non-hydrogen) atoms. The molecule has 0 atom stereocenters. The van der Waals surface area contributed by atoms with Crippen molar-refractivity contribution >= 4 is 46.2 Å². The van der Waals surface area contributed by atoms with Crippen LogP contribution in [0.4, 0.5) is 10.1 Å². The van der Waals surface area contributed by atoms with E-state index in [1.165, 1.54) is 17.9 Å². The third-order valence-electron chi connectivity index (χ3n) is 6.42. The van der Waals surface area contributed by atoms with Gasteiger partial charge in [0.1, 0.15) is 11.6 Å². The molecule has 0 saturated heterocycles. The van der Waals surface area contributed by atoms with Gasteiger partial charge >= 0.3 is 5.97 Å². The van der Waals surface area contributed by atoms with Crippen LogP contribution in [0.25, 0.3) is 0 Å². The molecular formula is C30H39BrFN3O7. The van der Waals surface area contributed by atoms with Gasteiger partial charge in [0, 0.05) is 31.0 Å². The molecular weight excluding hydrogens is 613 g/mol. The normalized spacial score (nSPS) is 12.4. The van der Waals surface area contributed by atoms with Crippen LogP contribution in [-0.4, -0.2) is 59.9 Å². The maximum Gasteiger partial charge on any atom is 0.303 e. The Labute approximate surface area is 255 Å². The molecule has 230 valence electrons. The lowest BCUT2D eigenvalue weighted by Gasteiger charge is -2.26. The van der Waals surface area contributed by atoms with Crippen LogP contribution in [0.1, 0.15) is 81.4 Å². The predicted molar refractivity (Wildman–Crippen MR) is 162 cm³/mol. The number of carboxylic acids is 1. The lowest BCUT2D eigenvalue weighted by atomic mass is 9.84. The molecule has 12 heteroatoms. The summed E-state index contributed by atoms with van der Waals surface area (Å²) < 4.78 is 32.4. The molecule has 0 spiro atoms. The average molecular weight is 653 g/mol. The number of fused-ring (bicyclic) bond motifs is 1. The molecule has 0 saturated carbocycles. The topological polar surface area (TPSA) is 138 Å². The summed E-state index contributed by atoms with van der Waals surface area (Å²) in [7, 11) is 0. The Morgan fingerprint density at radius 1 is 1.07 bits per heavy atom. The number of ether oxygens (including phenoxy) is 3. The third-order valence-corrected chi connectivity index (χ3v) is 6.42. The van der Waals surface area contributed by atoms with Crippen LogP contribution in [-0.2, 0) is 21.5 Å². The molecule has 3 N–H and O–H groups in total. The fourth-order valence-corrected chi connectivity index (χ4v) is 4.61. The molecule has 0 aliphatic carbocycles. The number of nitrogens with zero attached hydrogens (tertiary/aromatic N) is 1. The van der Waals surface area contributed by atoms with Crippen LogP contribution >= 0.6 is 17.0 Å². The van der Waals surface area contributed by atoms with Gasteiger partial charge in [-0.1, -0.05) is 20.8 Å². The minimum Gasteiger partial charge on any atom is -0.491 e. The van der Waals surface area contributed by atoms with E-state index in [0.29, 0.717) is 23.5 Å². The zero-order chi connectivity index (χ0) is 30.5. The highest BCUT2D eigenvalue weighted by atomic mass is 79.9. The first-order valence-corrected chi connectivity index (χ1v) is 13.6. The number of benzene rings is 2. The van der Waals surface area contributed by atoms with Crippen molar-refractivity contribution in [1.82, 2.24) is 4.90 Å². The van der Waals surface area contributed by atoms with Gasteiger partial charge in [-0.2, -0.15) is 0 Å². The van der Waals surface area contributed by atoms with E-state index in [2.05, 4.69) is 5.32 Å². The summed E-state index contributed by atoms with van der Waals surface area (Å²) >= 11 is 0. The number of hydrogen-bond donors (Lipinski definition) is 3. The lowest BCUT2D eigenvalue weighted by molar-refractivity contribution is -0.137. The van der Waals surface area contributed by atoms with Crippen molar-refractivity contribution in [3.8, 4) is 17.2 Å². The van der Waals surface area contributed by atoms with Crippen molar-refractivity contribution in [2.45, 2.75) is 66.3 Å². The second-order valence-corrected chi connectivity index (χ2v) is 10.7. The van der Waals surface area contributed by atoms with Gasteiger partial charge in [0.05, 0.1) is 37.6 Å². The van der Waals surface area contributed by atoms with Gasteiger partial charge in [-0.15, -0.1) is 17.0 Å². The molecule has 1 amide bonds. The molecule has 0 fully saturated rings. The number of amides is 1. The molecule has 0 aromatic heterocycles. The fourth-order valence-electron chi connectivity index (χ4n) is 4.61. The summed E-state index contributed by atoms with van der Waals surface area (Å²) in [6.45, 7) is 11.2. The minimum atomic E-state index is -0.939. The first-order valence-electron chi connectivity index (χ1n) is 13.6. The van der Waals surface area contributed by atoms with Crippen molar-refractivity contribution in [3.63, 3.8) is 0 Å². The number of aliphatic carboxylic acids is 1. The molecule has 1 heterocycles. The van der Waals surface area contributed by atoms with Crippen molar-refractivity contribution in [2.24, 2.45) is 0 Å². The molecule has 10 nitrogen and oxygen atoms in total. The predicted octanol–water partition coefficient (Wildman–Crippen LogP) is 5.72. The van der Waals surface area contributed by atoms with Crippen molar-refractivity contribution < 1.29 is 38.1 Å². The summed E-state index contributed by atoms with van der Waals surface area (Å²) in [6.07, 6.45) is 0.198. The van der Waals surface area contributed by atoms with Crippen LogP contribution in [0.2, 0.25) is 0 Å². The van der Waals surface area contributed by atoms with Crippen molar-refractivity contribution in [2.75, 3.05) is 31.7 Å². The van der Waals surface area contributed by atoms with Crippen LogP contribution in [0.15, 0.2) is 18.2 Å². The van der Waals surface area contributed by atoms with Crippen LogP contribution in [0.5, 0.6) is 17.2 Å². The molecule has 1 aliphatic rings. The largest absolute Gasteiger partial charge is 0.491 e. The Hall–Kier alpha value is -3.67. The Bertz CT molecular complexity index is 1360. The van der Waals surface area contributed by atoms with Gasteiger partial charge in [0.25, 0.3) is 0 Å². The second kappa shape index (κ2) is 14.5. The van der Waals surface area contributed by atoms with E-state index >= 15 is 4.39 Å². The van der Waals surface area contributed by atoms with Crippen molar-refractivity contribution in [1.29, 1.82) is 5.41 Å². The number of carbonyl (C=O) groups is 3. The molecule has 2 aromatic carbocycles. The fraction of sp³-hybridized carbons (Fsp3) is 0.467. The van der Waals surface area contributed by atoms with Gasteiger partial charge in [-0.25, -0.2) is 4.39 Å². The van der Waals surface area contributed by atoms with Crippen molar-refractivity contribution in [3.05, 3.63) is 46.3 Å². The number of halogens is 2. The highest BCUT2D eigenvalue weighted by Crippen LogP contribution is 2.41. The number of hydrogen-bond acceptors (Lipinski definition) is 7. The number of rotatable bonds is 13. The second-order valence-electron chi connectivity index (χ2n) is 10.7. The summed E-state index contributed by atoms with van der Waals surface area (Å²) in [4.78, 5) is 38.0. The highest BCUT2D eigenvalue weighted by molar-refractivity contribution is 8.93. The van der Waals surface area contributed by atoms with Crippen LogP contribution < -0.4 is 19.5 Å². The zero-order valence-electron chi connectivity index (χ0n) is 24.8. The molecule has 0 radical (unpaired) electrons. The van der Waals surface area contributed by atoms with E-state index < -0.39 is 17.2 Å². The van der Waals surface area contributed by atoms with Crippen LogP contribution in [0.3, 0.4) is 0 Å². The van der Waals surface area contributed by atoms with Gasteiger partial charge in [0.15, 0.2) is 23.1 Å². The number of carbonyl (C=O) groups excluding carboxylic acids is 2. The zero-order valence-corrected chi connectivity index (χ0v) is 26.5. The molecule has 1 aliphatic heterocycles. The Morgan fingerprint density at radius 3 is 2.31 bits per heavy atom. The maximum absolute atomic E-state index is 15.5. The monoisotopic (exact) mass is 651 g/mol. The molecule has 0 bridgehead atoms. The van der Waals surface area contributed by atoms with Gasteiger partial charge in [-0.3, -0.25) is 19.8 Å². The summed E-state index contributed by atoms with van der Waals surface area (Å²) in [5.74, 6) is -1.92. The average Bonchev–Trinajstić information content (AvgIpc) is 3.18. The highest BCUT2D eigenvalue weighted by Gasteiger charge is 2.34. The van der Waals surface area contributed by atoms with Crippen LogP contribution in [0, 0.1) is 11.2 Å². The molecule has 2 aromatic rings. The molecule has 3 rings (SSSR count). The standard InChI is InChI=1S/C30H38FN3O7.BrH/c1-7-39-23-14-19-15-34(29(32)25(19)26(31)28(23)40-8-2)16-22(36)18-12-20(30(4,5)6)27(21(13-18)33-17(3)35)41-11-9-10-24(37)38;/h12-14,32H,7-11,15-16H2,1-6H3,(H,33,35)(H,37,38);1H. The Kier molecular flexibility index (Phi) is 11.9. The quantitative estimate of drug-likeness (QED) is 0.185. The number of carboxylic acid groups (broad SMARTS) is 1. The maximum atomic E-state index is 15.5. The van der Waals surface area contributed by atoms with E-state index in [1.807, 2.05) is 20.8 Å². The summed E-state index contributed by atoms with van der Waals surface area (Å²) in [5.41, 5.74) is 1.31. The van der Waals surface area contributed by atoms with E-state index in [0.717, 1.165) is 0 Å². The minimum absolute atomic E-state index is 0. The lowest BCUT2D eigenvalue weighted by Crippen LogP contribution is -2.31. The first-order chi connectivity index (χ1) is 19.3.